The van der Waals surface area contributed by atoms with Gasteiger partial charge in [0, 0.05) is 30.3 Å². The highest BCUT2D eigenvalue weighted by atomic mass is 16.2. The van der Waals surface area contributed by atoms with Crippen molar-refractivity contribution in [1.29, 1.82) is 0 Å². The molecule has 2 N–H and O–H groups in total. The Morgan fingerprint density at radius 2 is 2.03 bits per heavy atom. The van der Waals surface area contributed by atoms with E-state index in [4.69, 9.17) is 0 Å². The van der Waals surface area contributed by atoms with Crippen LogP contribution in [0.4, 0.5) is 10.5 Å². The number of hydrogen-bond donors (Lipinski definition) is 2. The van der Waals surface area contributed by atoms with Crippen molar-refractivity contribution in [3.63, 3.8) is 0 Å². The number of anilines is 1. The molecular formula is C19H23N9O. The Morgan fingerprint density at radius 3 is 2.76 bits per heavy atom. The van der Waals surface area contributed by atoms with E-state index in [2.05, 4.69) is 36.0 Å². The molecule has 150 valence electrons. The average molecular weight is 393 g/mol. The van der Waals surface area contributed by atoms with Gasteiger partial charge in [0.05, 0.1) is 6.04 Å². The minimum Gasteiger partial charge on any atom is -0.324 e. The minimum atomic E-state index is -0.0995. The highest BCUT2D eigenvalue weighted by molar-refractivity contribution is 5.89. The summed E-state index contributed by atoms with van der Waals surface area (Å²) in [5.41, 5.74) is 1.69. The summed E-state index contributed by atoms with van der Waals surface area (Å²) < 4.78 is 1.88. The van der Waals surface area contributed by atoms with Gasteiger partial charge in [-0.1, -0.05) is 0 Å². The first-order chi connectivity index (χ1) is 14.2. The number of aryl methyl sites for hydroxylation is 1. The molecule has 10 heteroatoms. The standard InChI is InChI=1S/C19H23N9O/c1-12-20-17(23-22-12)14-3-2-10-27(11-14)19(29)21-15-6-4-13(5-7-15)18-24-25-26-28(18)16-8-9-16/h4-7,14,16H,2-3,8-11H2,1H3,(H,21,29)(H,20,22,23)/t14-/m1/s1. The molecule has 1 aliphatic heterocycles. The fourth-order valence-electron chi connectivity index (χ4n) is 3.77. The highest BCUT2D eigenvalue weighted by Crippen LogP contribution is 2.36. The molecule has 1 aliphatic carbocycles. The Labute approximate surface area is 167 Å². The van der Waals surface area contributed by atoms with Crippen molar-refractivity contribution in [3.8, 4) is 11.4 Å². The summed E-state index contributed by atoms with van der Waals surface area (Å²) in [4.78, 5) is 19.0. The Morgan fingerprint density at radius 1 is 1.21 bits per heavy atom. The first-order valence-corrected chi connectivity index (χ1v) is 10.0. The number of nitrogens with one attached hydrogen (secondary N) is 2. The van der Waals surface area contributed by atoms with Crippen LogP contribution in [0.5, 0.6) is 0 Å². The zero-order valence-corrected chi connectivity index (χ0v) is 16.2. The van der Waals surface area contributed by atoms with Gasteiger partial charge >= 0.3 is 6.03 Å². The van der Waals surface area contributed by atoms with Gasteiger partial charge in [-0.05, 0) is 67.3 Å². The van der Waals surface area contributed by atoms with Crippen molar-refractivity contribution in [1.82, 2.24) is 40.3 Å². The van der Waals surface area contributed by atoms with Crippen LogP contribution in [0.25, 0.3) is 11.4 Å². The number of nitrogens with zero attached hydrogens (tertiary/aromatic N) is 7. The maximum atomic E-state index is 12.7. The molecule has 0 spiro atoms. The van der Waals surface area contributed by atoms with Crippen LogP contribution < -0.4 is 5.32 Å². The fourth-order valence-corrected chi connectivity index (χ4v) is 3.77. The molecule has 1 atom stereocenters. The summed E-state index contributed by atoms with van der Waals surface area (Å²) in [6, 6.07) is 7.97. The topological polar surface area (TPSA) is 118 Å². The van der Waals surface area contributed by atoms with Gasteiger partial charge < -0.3 is 10.2 Å². The molecule has 2 aromatic heterocycles. The molecule has 2 aliphatic rings. The van der Waals surface area contributed by atoms with Crippen LogP contribution in [0.2, 0.25) is 0 Å². The zero-order chi connectivity index (χ0) is 19.8. The summed E-state index contributed by atoms with van der Waals surface area (Å²) >= 11 is 0. The highest BCUT2D eigenvalue weighted by Gasteiger charge is 2.29. The molecule has 1 aromatic carbocycles. The molecule has 1 saturated heterocycles. The number of H-pyrrole nitrogens is 1. The van der Waals surface area contributed by atoms with E-state index in [1.807, 2.05) is 40.8 Å². The molecular weight excluding hydrogens is 370 g/mol. The van der Waals surface area contributed by atoms with Gasteiger partial charge in [0.25, 0.3) is 0 Å². The van der Waals surface area contributed by atoms with Crippen molar-refractivity contribution in [3.05, 3.63) is 35.9 Å². The van der Waals surface area contributed by atoms with Gasteiger partial charge in [0.2, 0.25) is 0 Å². The van der Waals surface area contributed by atoms with Crippen LogP contribution in [0.3, 0.4) is 0 Å². The number of urea groups is 1. The van der Waals surface area contributed by atoms with E-state index in [1.165, 1.54) is 0 Å². The molecule has 2 fully saturated rings. The number of tetrazole rings is 1. The number of likely N-dealkylation sites (tertiary alicyclic amines) is 1. The van der Waals surface area contributed by atoms with Crippen LogP contribution in [0.1, 0.15) is 49.3 Å². The maximum absolute atomic E-state index is 12.7. The SMILES string of the molecule is Cc1nc([C@@H]2CCCN(C(=O)Nc3ccc(-c4nnnn4C4CC4)cc3)C2)n[nH]1. The molecule has 5 rings (SSSR count). The third-order valence-electron chi connectivity index (χ3n) is 5.47. The number of hydrogen-bond acceptors (Lipinski definition) is 6. The Kier molecular flexibility index (Phi) is 4.45. The monoisotopic (exact) mass is 393 g/mol. The lowest BCUT2D eigenvalue weighted by Crippen LogP contribution is -2.41. The number of rotatable bonds is 4. The number of aromatic nitrogens is 7. The molecule has 3 aromatic rings. The lowest BCUT2D eigenvalue weighted by atomic mass is 9.98. The van der Waals surface area contributed by atoms with Gasteiger partial charge in [-0.3, -0.25) is 5.10 Å². The summed E-state index contributed by atoms with van der Waals surface area (Å²) in [6.07, 6.45) is 4.17. The van der Waals surface area contributed by atoms with Gasteiger partial charge in [0.15, 0.2) is 11.6 Å². The summed E-state index contributed by atoms with van der Waals surface area (Å²) in [6.45, 7) is 3.24. The summed E-state index contributed by atoms with van der Waals surface area (Å²) in [5, 5.41) is 22.2. The normalized spacial score (nSPS) is 19.3. The van der Waals surface area contributed by atoms with Crippen molar-refractivity contribution in [2.45, 2.75) is 44.6 Å². The molecule has 0 bridgehead atoms. The van der Waals surface area contributed by atoms with Gasteiger partial charge in [-0.2, -0.15) is 5.10 Å². The molecule has 0 unspecified atom stereocenters. The second-order valence-corrected chi connectivity index (χ2v) is 7.75. The Bertz CT molecular complexity index is 1000. The van der Waals surface area contributed by atoms with Gasteiger partial charge in [-0.25, -0.2) is 14.5 Å². The first kappa shape index (κ1) is 17.8. The van der Waals surface area contributed by atoms with E-state index in [0.29, 0.717) is 12.6 Å². The Hall–Kier alpha value is -3.30. The van der Waals surface area contributed by atoms with Crippen LogP contribution in [-0.4, -0.2) is 59.4 Å². The van der Waals surface area contributed by atoms with E-state index in [1.54, 1.807) is 0 Å². The number of aromatic amines is 1. The third-order valence-corrected chi connectivity index (χ3v) is 5.47. The van der Waals surface area contributed by atoms with Crippen LogP contribution in [0.15, 0.2) is 24.3 Å². The summed E-state index contributed by atoms with van der Waals surface area (Å²) in [5.74, 6) is 2.53. The van der Waals surface area contributed by atoms with Crippen LogP contribution in [0, 0.1) is 6.92 Å². The number of piperidine rings is 1. The molecule has 10 nitrogen and oxygen atoms in total. The molecule has 1 saturated carbocycles. The quantitative estimate of drug-likeness (QED) is 0.703. The van der Waals surface area contributed by atoms with E-state index in [0.717, 1.165) is 61.0 Å². The number of carbonyl (C=O) groups excluding carboxylic acids is 1. The second-order valence-electron chi connectivity index (χ2n) is 7.75. The van der Waals surface area contributed by atoms with Crippen LogP contribution >= 0.6 is 0 Å². The number of carbonyl (C=O) groups is 1. The van der Waals surface area contributed by atoms with Crippen LogP contribution in [-0.2, 0) is 0 Å². The molecule has 0 radical (unpaired) electrons. The minimum absolute atomic E-state index is 0.0995. The van der Waals surface area contributed by atoms with E-state index >= 15 is 0 Å². The predicted molar refractivity (Wildman–Crippen MR) is 105 cm³/mol. The smallest absolute Gasteiger partial charge is 0.321 e. The largest absolute Gasteiger partial charge is 0.324 e. The fraction of sp³-hybridized carbons (Fsp3) is 0.474. The van der Waals surface area contributed by atoms with E-state index < -0.39 is 0 Å². The average Bonchev–Trinajstić information content (AvgIpc) is 3.30. The number of benzene rings is 1. The maximum Gasteiger partial charge on any atom is 0.321 e. The van der Waals surface area contributed by atoms with E-state index in [9.17, 15) is 4.79 Å². The van der Waals surface area contributed by atoms with E-state index in [-0.39, 0.29) is 11.9 Å². The zero-order valence-electron chi connectivity index (χ0n) is 16.2. The predicted octanol–water partition coefficient (Wildman–Crippen LogP) is 2.51. The third kappa shape index (κ3) is 3.69. The number of amides is 2. The Balaban J connectivity index is 1.24. The van der Waals surface area contributed by atoms with Crippen molar-refractivity contribution >= 4 is 11.7 Å². The lowest BCUT2D eigenvalue weighted by molar-refractivity contribution is 0.191. The second kappa shape index (κ2) is 7.26. The lowest BCUT2D eigenvalue weighted by Gasteiger charge is -2.31. The molecule has 2 amide bonds. The van der Waals surface area contributed by atoms with Crippen molar-refractivity contribution in [2.75, 3.05) is 18.4 Å². The van der Waals surface area contributed by atoms with Crippen molar-refractivity contribution < 1.29 is 4.79 Å². The van der Waals surface area contributed by atoms with Crippen molar-refractivity contribution in [2.24, 2.45) is 0 Å². The van der Waals surface area contributed by atoms with Gasteiger partial charge in [0.1, 0.15) is 5.82 Å². The molecule has 29 heavy (non-hydrogen) atoms. The summed E-state index contributed by atoms with van der Waals surface area (Å²) in [7, 11) is 0. The molecule has 3 heterocycles. The van der Waals surface area contributed by atoms with Gasteiger partial charge in [-0.15, -0.1) is 5.10 Å². The first-order valence-electron chi connectivity index (χ1n) is 10.0.